The average molecular weight is 319 g/mol. The number of hydrogen-bond acceptors (Lipinski definition) is 5. The fourth-order valence-corrected chi connectivity index (χ4v) is 2.97. The molecule has 0 unspecified atom stereocenters. The Morgan fingerprint density at radius 2 is 2.09 bits per heavy atom. The Labute approximate surface area is 131 Å². The van der Waals surface area contributed by atoms with Gasteiger partial charge in [0.05, 0.1) is 17.3 Å². The lowest BCUT2D eigenvalue weighted by Crippen LogP contribution is -2.42. The largest absolute Gasteiger partial charge is 0.396 e. The maximum absolute atomic E-state index is 13.7. The van der Waals surface area contributed by atoms with Crippen LogP contribution in [0.4, 0.5) is 15.9 Å². The van der Waals surface area contributed by atoms with Gasteiger partial charge in [-0.1, -0.05) is 6.07 Å². The Morgan fingerprint density at radius 3 is 2.61 bits per heavy atom. The number of rotatable bonds is 3. The Bertz CT molecular complexity index is 791. The number of nitrogens with two attached hydrogens (primary N) is 3. The summed E-state index contributed by atoms with van der Waals surface area (Å²) >= 11 is 0. The summed E-state index contributed by atoms with van der Waals surface area (Å²) < 4.78 is 15.2. The van der Waals surface area contributed by atoms with E-state index in [2.05, 4.69) is 5.10 Å². The van der Waals surface area contributed by atoms with Crippen LogP contribution in [0.5, 0.6) is 0 Å². The maximum atomic E-state index is 13.7. The van der Waals surface area contributed by atoms with Gasteiger partial charge in [0.15, 0.2) is 0 Å². The summed E-state index contributed by atoms with van der Waals surface area (Å²) in [5.41, 5.74) is 16.7. The number of primary amides is 1. The molecule has 0 aliphatic heterocycles. The Hall–Kier alpha value is -2.61. The van der Waals surface area contributed by atoms with Gasteiger partial charge in [0, 0.05) is 5.56 Å². The SMILES string of the molecule is CC1(O)CC(n2nc(-c3ccc(N)c(F)c3)c(C(N)=O)c2N)C1. The standard InChI is InChI=1S/C15H18FN5O2/c1-15(23)5-8(6-15)21-13(18)11(14(19)22)12(20-21)7-2-3-10(17)9(16)4-7/h2-4,8,23H,5-6,17-18H2,1H3,(H2,19,22). The minimum absolute atomic E-state index is 0.00294. The first-order valence-corrected chi connectivity index (χ1v) is 7.15. The van der Waals surface area contributed by atoms with Crippen LogP contribution in [-0.2, 0) is 0 Å². The summed E-state index contributed by atoms with van der Waals surface area (Å²) in [6, 6.07) is 3.99. The summed E-state index contributed by atoms with van der Waals surface area (Å²) in [6.07, 6.45) is 0.930. The van der Waals surface area contributed by atoms with Crippen LogP contribution in [0, 0.1) is 5.82 Å². The second-order valence-corrected chi connectivity index (χ2v) is 6.21. The molecule has 2 aromatic rings. The second-order valence-electron chi connectivity index (χ2n) is 6.21. The predicted octanol–water partition coefficient (Wildman–Crippen LogP) is 1.04. The molecule has 7 nitrogen and oxygen atoms in total. The third-order valence-corrected chi connectivity index (χ3v) is 4.16. The number of halogens is 1. The second kappa shape index (κ2) is 4.95. The zero-order valence-electron chi connectivity index (χ0n) is 12.6. The lowest BCUT2D eigenvalue weighted by molar-refractivity contribution is -0.0535. The van der Waals surface area contributed by atoms with E-state index in [-0.39, 0.29) is 28.8 Å². The van der Waals surface area contributed by atoms with E-state index in [4.69, 9.17) is 17.2 Å². The van der Waals surface area contributed by atoms with Crippen LogP contribution in [0.2, 0.25) is 0 Å². The van der Waals surface area contributed by atoms with Crippen LogP contribution in [-0.4, -0.2) is 26.4 Å². The molecule has 0 atom stereocenters. The van der Waals surface area contributed by atoms with Crippen molar-refractivity contribution in [2.24, 2.45) is 5.73 Å². The topological polar surface area (TPSA) is 133 Å². The summed E-state index contributed by atoms with van der Waals surface area (Å²) in [7, 11) is 0. The number of aromatic nitrogens is 2. The zero-order valence-corrected chi connectivity index (χ0v) is 12.6. The maximum Gasteiger partial charge on any atom is 0.254 e. The number of hydrogen-bond donors (Lipinski definition) is 4. The van der Waals surface area contributed by atoms with Crippen LogP contribution in [0.1, 0.15) is 36.2 Å². The molecular weight excluding hydrogens is 301 g/mol. The fourth-order valence-electron chi connectivity index (χ4n) is 2.97. The van der Waals surface area contributed by atoms with Crippen LogP contribution in [0.25, 0.3) is 11.3 Å². The fraction of sp³-hybridized carbons (Fsp3) is 0.333. The highest BCUT2D eigenvalue weighted by Crippen LogP contribution is 2.43. The molecule has 3 rings (SSSR count). The summed E-state index contributed by atoms with van der Waals surface area (Å²) in [5, 5.41) is 14.2. The highest BCUT2D eigenvalue weighted by Gasteiger charge is 2.41. The number of nitrogens with zero attached hydrogens (tertiary/aromatic N) is 2. The number of amides is 1. The number of carbonyl (C=O) groups is 1. The molecule has 0 spiro atoms. The zero-order chi connectivity index (χ0) is 16.9. The van der Waals surface area contributed by atoms with E-state index in [1.54, 1.807) is 13.0 Å². The van der Waals surface area contributed by atoms with Crippen LogP contribution in [0.3, 0.4) is 0 Å². The van der Waals surface area contributed by atoms with Crippen LogP contribution in [0.15, 0.2) is 18.2 Å². The van der Waals surface area contributed by atoms with Crippen molar-refractivity contribution in [1.82, 2.24) is 9.78 Å². The molecule has 1 heterocycles. The Kier molecular flexibility index (Phi) is 3.29. The van der Waals surface area contributed by atoms with Gasteiger partial charge < -0.3 is 22.3 Å². The Balaban J connectivity index is 2.09. The van der Waals surface area contributed by atoms with Crippen molar-refractivity contribution >= 4 is 17.4 Å². The number of carbonyl (C=O) groups excluding carboxylic acids is 1. The number of aliphatic hydroxyl groups is 1. The Morgan fingerprint density at radius 1 is 1.43 bits per heavy atom. The van der Waals surface area contributed by atoms with E-state index < -0.39 is 17.3 Å². The van der Waals surface area contributed by atoms with Gasteiger partial charge in [0.25, 0.3) is 5.91 Å². The monoisotopic (exact) mass is 319 g/mol. The van der Waals surface area contributed by atoms with E-state index in [0.717, 1.165) is 0 Å². The van der Waals surface area contributed by atoms with Gasteiger partial charge >= 0.3 is 0 Å². The minimum Gasteiger partial charge on any atom is -0.396 e. The normalized spacial score (nSPS) is 23.5. The molecule has 1 aromatic carbocycles. The number of benzene rings is 1. The van der Waals surface area contributed by atoms with E-state index in [9.17, 15) is 14.3 Å². The van der Waals surface area contributed by atoms with E-state index in [1.165, 1.54) is 16.8 Å². The van der Waals surface area contributed by atoms with Gasteiger partial charge in [-0.25, -0.2) is 9.07 Å². The molecule has 1 fully saturated rings. The van der Waals surface area contributed by atoms with Crippen molar-refractivity contribution in [3.63, 3.8) is 0 Å². The van der Waals surface area contributed by atoms with Gasteiger partial charge in [-0.15, -0.1) is 0 Å². The van der Waals surface area contributed by atoms with Gasteiger partial charge in [0.2, 0.25) is 0 Å². The summed E-state index contributed by atoms with van der Waals surface area (Å²) in [5.74, 6) is -1.24. The first kappa shape index (κ1) is 15.3. The van der Waals surface area contributed by atoms with E-state index in [1.807, 2.05) is 0 Å². The van der Waals surface area contributed by atoms with Crippen LogP contribution >= 0.6 is 0 Å². The lowest BCUT2D eigenvalue weighted by Gasteiger charge is -2.41. The van der Waals surface area contributed by atoms with Crippen molar-refractivity contribution in [1.29, 1.82) is 0 Å². The van der Waals surface area contributed by atoms with Crippen LogP contribution < -0.4 is 17.2 Å². The van der Waals surface area contributed by atoms with Gasteiger partial charge in [-0.05, 0) is 31.9 Å². The van der Waals surface area contributed by atoms with Gasteiger partial charge in [-0.2, -0.15) is 5.10 Å². The third-order valence-electron chi connectivity index (χ3n) is 4.16. The molecule has 7 N–H and O–H groups in total. The molecule has 0 bridgehead atoms. The molecule has 1 aromatic heterocycles. The number of nitrogen functional groups attached to an aromatic ring is 2. The van der Waals surface area contributed by atoms with Gasteiger partial charge in [-0.3, -0.25) is 4.79 Å². The smallest absolute Gasteiger partial charge is 0.254 e. The molecule has 1 saturated carbocycles. The van der Waals surface area contributed by atoms with Crippen molar-refractivity contribution in [2.75, 3.05) is 11.5 Å². The molecule has 23 heavy (non-hydrogen) atoms. The molecule has 1 aliphatic carbocycles. The quantitative estimate of drug-likeness (QED) is 0.627. The molecule has 122 valence electrons. The summed E-state index contributed by atoms with van der Waals surface area (Å²) in [6.45, 7) is 1.72. The average Bonchev–Trinajstić information content (AvgIpc) is 2.76. The van der Waals surface area contributed by atoms with E-state index in [0.29, 0.717) is 18.4 Å². The van der Waals surface area contributed by atoms with Crippen molar-refractivity contribution < 1.29 is 14.3 Å². The van der Waals surface area contributed by atoms with Gasteiger partial charge in [0.1, 0.15) is 22.9 Å². The molecule has 0 radical (unpaired) electrons. The first-order chi connectivity index (χ1) is 10.7. The van der Waals surface area contributed by atoms with E-state index >= 15 is 0 Å². The van der Waals surface area contributed by atoms with Crippen molar-refractivity contribution in [3.05, 3.63) is 29.6 Å². The minimum atomic E-state index is -0.774. The first-order valence-electron chi connectivity index (χ1n) is 7.15. The predicted molar refractivity (Wildman–Crippen MR) is 83.9 cm³/mol. The highest BCUT2D eigenvalue weighted by molar-refractivity contribution is 6.03. The lowest BCUT2D eigenvalue weighted by atomic mass is 9.77. The molecule has 0 saturated heterocycles. The highest BCUT2D eigenvalue weighted by atomic mass is 19.1. The third kappa shape index (κ3) is 2.50. The number of anilines is 2. The summed E-state index contributed by atoms with van der Waals surface area (Å²) in [4.78, 5) is 11.8. The van der Waals surface area contributed by atoms with Crippen molar-refractivity contribution in [2.45, 2.75) is 31.4 Å². The van der Waals surface area contributed by atoms with Crippen molar-refractivity contribution in [3.8, 4) is 11.3 Å². The molecule has 1 amide bonds. The molecule has 1 aliphatic rings. The molecule has 8 heteroatoms. The molecular formula is C15H18FN5O2.